The number of ketones is 1. The molecule has 382 valence electrons. The Morgan fingerprint density at radius 1 is 0.742 bits per heavy atom. The molecule has 0 saturated carbocycles. The van der Waals surface area contributed by atoms with Crippen LogP contribution in [-0.4, -0.2) is 168 Å². The van der Waals surface area contributed by atoms with E-state index in [0.29, 0.717) is 90.7 Å². The van der Waals surface area contributed by atoms with Gasteiger partial charge in [-0.25, -0.2) is 4.57 Å². The molecule has 66 heavy (non-hydrogen) atoms. The van der Waals surface area contributed by atoms with Gasteiger partial charge in [0.05, 0.1) is 26.3 Å². The number of unbranched alkanes of at least 4 members (excludes halogenated alkanes) is 1. The molecule has 0 spiro atoms. The smallest absolute Gasteiger partial charge is 0.462 e. The Morgan fingerprint density at radius 3 is 1.89 bits per heavy atom. The van der Waals surface area contributed by atoms with Gasteiger partial charge in [0.25, 0.3) is 12.9 Å². The second-order valence-corrected chi connectivity index (χ2v) is 21.5. The Labute approximate surface area is 391 Å². The number of hydrogen-bond acceptors (Lipinski definition) is 19. The second kappa shape index (κ2) is 28.1. The lowest BCUT2D eigenvalue weighted by molar-refractivity contribution is -0.162. The first-order valence-corrected chi connectivity index (χ1v) is 24.2. The zero-order valence-corrected chi connectivity index (χ0v) is 42.5. The number of Topliss-reactive ketones (excluding diaryl/α,β-unsaturated/α-hetero) is 1. The van der Waals surface area contributed by atoms with E-state index in [9.17, 15) is 43.0 Å². The maximum absolute atomic E-state index is 13.8. The van der Waals surface area contributed by atoms with Crippen molar-refractivity contribution in [3.63, 3.8) is 0 Å². The first-order valence-electron chi connectivity index (χ1n) is 22.7. The average molecular weight is 966 g/mol. The van der Waals surface area contributed by atoms with E-state index in [0.717, 1.165) is 13.8 Å². The fourth-order valence-corrected chi connectivity index (χ4v) is 8.01. The molecule has 0 aromatic heterocycles. The molecule has 1 saturated heterocycles. The number of carbonyl (C=O) groups excluding carboxylic acids is 7. The van der Waals surface area contributed by atoms with E-state index in [1.54, 1.807) is 55.4 Å². The highest BCUT2D eigenvalue weighted by molar-refractivity contribution is 7.47. The highest BCUT2D eigenvalue weighted by Gasteiger charge is 2.42. The predicted octanol–water partition coefficient (Wildman–Crippen LogP) is 4.94. The highest BCUT2D eigenvalue weighted by Crippen LogP contribution is 2.43. The van der Waals surface area contributed by atoms with Gasteiger partial charge in [-0.2, -0.15) is 0 Å². The van der Waals surface area contributed by atoms with E-state index in [1.165, 1.54) is 0 Å². The van der Waals surface area contributed by atoms with Crippen LogP contribution in [0.2, 0.25) is 0 Å². The monoisotopic (exact) mass is 966 g/mol. The van der Waals surface area contributed by atoms with E-state index in [-0.39, 0.29) is 51.3 Å². The number of esters is 4. The third-order valence-electron chi connectivity index (χ3n) is 10.5. The van der Waals surface area contributed by atoms with Crippen LogP contribution in [0.3, 0.4) is 0 Å². The molecule has 21 heteroatoms. The van der Waals surface area contributed by atoms with Gasteiger partial charge >= 0.3 is 31.7 Å². The number of phosphoric acid groups is 1. The van der Waals surface area contributed by atoms with Gasteiger partial charge in [0.1, 0.15) is 34.8 Å². The summed E-state index contributed by atoms with van der Waals surface area (Å²) >= 11 is 0. The molecule has 1 aliphatic heterocycles. The standard InChI is InChI=1S/C45H80N3O17P/c1-35(51)58-30-38(63-36(2)52)31-62-66(56,57)61-27-15-17-37(53)16-13-14-18-45(48(24-20-44(11,12)60-34-50)29-40(55)65-42(6,7)8)21-23-46(22-19-43(9,10)59-33-49)25-26-47(32-45)28-39(54)64-41(3,4)5/h33-34,38H,13-32H2,1-12H3,(H,56,57). The Morgan fingerprint density at radius 2 is 1.32 bits per heavy atom. The van der Waals surface area contributed by atoms with Crippen LogP contribution in [0.25, 0.3) is 0 Å². The van der Waals surface area contributed by atoms with E-state index >= 15 is 0 Å². The van der Waals surface area contributed by atoms with Gasteiger partial charge in [0.2, 0.25) is 0 Å². The van der Waals surface area contributed by atoms with Crippen LogP contribution in [0.5, 0.6) is 0 Å². The molecule has 1 N–H and O–H groups in total. The van der Waals surface area contributed by atoms with Crippen molar-refractivity contribution in [2.24, 2.45) is 0 Å². The van der Waals surface area contributed by atoms with Crippen molar-refractivity contribution >= 4 is 50.4 Å². The minimum absolute atomic E-state index is 0.0277. The molecule has 1 fully saturated rings. The number of carbonyl (C=O) groups is 7. The molecular weight excluding hydrogens is 885 g/mol. The summed E-state index contributed by atoms with van der Waals surface area (Å²) < 4.78 is 54.6. The number of phosphoric ester groups is 1. The second-order valence-electron chi connectivity index (χ2n) is 20.0. The summed E-state index contributed by atoms with van der Waals surface area (Å²) in [5, 5.41) is 0. The van der Waals surface area contributed by atoms with Gasteiger partial charge in [0.15, 0.2) is 6.10 Å². The van der Waals surface area contributed by atoms with Crippen molar-refractivity contribution in [2.75, 3.05) is 72.2 Å². The molecular formula is C45H80N3O17P. The van der Waals surface area contributed by atoms with Crippen LogP contribution in [-0.2, 0) is 75.6 Å². The van der Waals surface area contributed by atoms with E-state index in [1.807, 2.05) is 18.7 Å². The number of rotatable bonds is 31. The lowest BCUT2D eigenvalue weighted by atomic mass is 9.83. The molecule has 1 aliphatic rings. The molecule has 0 aliphatic carbocycles. The van der Waals surface area contributed by atoms with Crippen molar-refractivity contribution in [1.82, 2.24) is 14.7 Å². The van der Waals surface area contributed by atoms with Gasteiger partial charge < -0.3 is 38.2 Å². The van der Waals surface area contributed by atoms with E-state index in [4.69, 9.17) is 37.5 Å². The summed E-state index contributed by atoms with van der Waals surface area (Å²) in [6, 6.07) is 0. The van der Waals surface area contributed by atoms with Gasteiger partial charge in [-0.05, 0) is 114 Å². The van der Waals surface area contributed by atoms with Crippen LogP contribution in [0.15, 0.2) is 0 Å². The van der Waals surface area contributed by atoms with Crippen molar-refractivity contribution in [2.45, 2.75) is 175 Å². The Hall–Kier alpha value is -3.52. The maximum atomic E-state index is 13.8. The zero-order chi connectivity index (χ0) is 50.4. The zero-order valence-electron chi connectivity index (χ0n) is 41.6. The summed E-state index contributed by atoms with van der Waals surface area (Å²) in [6.07, 6.45) is 2.15. The average Bonchev–Trinajstić information content (AvgIpc) is 3.14. The molecule has 3 unspecified atom stereocenters. The van der Waals surface area contributed by atoms with Crippen LogP contribution in [0.4, 0.5) is 0 Å². The van der Waals surface area contributed by atoms with Crippen LogP contribution in [0, 0.1) is 0 Å². The molecule has 0 aromatic carbocycles. The molecule has 0 amide bonds. The van der Waals surface area contributed by atoms with Crippen LogP contribution >= 0.6 is 7.82 Å². The number of hydrogen-bond donors (Lipinski definition) is 1. The lowest BCUT2D eigenvalue weighted by Gasteiger charge is -2.50. The quantitative estimate of drug-likeness (QED) is 0.0318. The third kappa shape index (κ3) is 28.0. The summed E-state index contributed by atoms with van der Waals surface area (Å²) in [5.74, 6) is -2.33. The molecule has 20 nitrogen and oxygen atoms in total. The normalized spacial score (nSPS) is 18.2. The van der Waals surface area contributed by atoms with Gasteiger partial charge in [-0.15, -0.1) is 0 Å². The SMILES string of the molecule is CC(=O)OCC(COP(=O)(O)OCCCC(=O)CCCCC1(N(CCC(C)(C)OC=O)CC(=O)OC(C)(C)C)CCN(CCC(C)(C)OC=O)CCN(CC(=O)OC(C)(C)C)C1)OC(C)=O. The molecule has 1 rings (SSSR count). The molecule has 1 heterocycles. The van der Waals surface area contributed by atoms with Gasteiger partial charge in [-0.3, -0.25) is 52.4 Å². The first-order chi connectivity index (χ1) is 30.4. The van der Waals surface area contributed by atoms with Crippen molar-refractivity contribution in [1.29, 1.82) is 0 Å². The van der Waals surface area contributed by atoms with Crippen molar-refractivity contribution in [3.8, 4) is 0 Å². The largest absolute Gasteiger partial charge is 0.472 e. The highest BCUT2D eigenvalue weighted by atomic mass is 31.2. The van der Waals surface area contributed by atoms with Crippen LogP contribution < -0.4 is 0 Å². The minimum Gasteiger partial charge on any atom is -0.462 e. The fourth-order valence-electron chi connectivity index (χ4n) is 7.22. The Kier molecular flexibility index (Phi) is 25.7. The summed E-state index contributed by atoms with van der Waals surface area (Å²) in [6.45, 7) is 22.7. The fraction of sp³-hybridized carbons (Fsp3) is 0.844. The molecule has 0 bridgehead atoms. The number of nitrogens with zero attached hydrogens (tertiary/aromatic N) is 3. The van der Waals surface area contributed by atoms with Crippen LogP contribution in [0.1, 0.15) is 141 Å². The maximum Gasteiger partial charge on any atom is 0.472 e. The summed E-state index contributed by atoms with van der Waals surface area (Å²) in [7, 11) is -4.61. The van der Waals surface area contributed by atoms with Gasteiger partial charge in [-0.1, -0.05) is 6.42 Å². The molecule has 0 aromatic rings. The summed E-state index contributed by atoms with van der Waals surface area (Å²) in [4.78, 5) is 102. The first kappa shape index (κ1) is 60.5. The Bertz CT molecular complexity index is 1610. The lowest BCUT2D eigenvalue weighted by Crippen LogP contribution is -2.62. The summed E-state index contributed by atoms with van der Waals surface area (Å²) in [5.41, 5.74) is -3.90. The Balaban J connectivity index is 3.40. The van der Waals surface area contributed by atoms with Gasteiger partial charge in [0, 0.05) is 65.0 Å². The van der Waals surface area contributed by atoms with E-state index in [2.05, 4.69) is 9.80 Å². The predicted molar refractivity (Wildman–Crippen MR) is 242 cm³/mol. The topological polar surface area (TPSA) is 240 Å². The molecule has 3 atom stereocenters. The number of ether oxygens (including phenoxy) is 6. The van der Waals surface area contributed by atoms with Crippen molar-refractivity contribution < 1.29 is 80.5 Å². The molecule has 0 radical (unpaired) electrons. The third-order valence-corrected chi connectivity index (χ3v) is 11.5. The van der Waals surface area contributed by atoms with E-state index < -0.39 is 72.4 Å². The van der Waals surface area contributed by atoms with Crippen molar-refractivity contribution in [3.05, 3.63) is 0 Å². The minimum atomic E-state index is -4.61.